The van der Waals surface area contributed by atoms with E-state index in [1.54, 1.807) is 0 Å². The van der Waals surface area contributed by atoms with E-state index in [1.807, 2.05) is 32.0 Å². The van der Waals surface area contributed by atoms with Crippen molar-refractivity contribution >= 4 is 6.29 Å². The molecule has 0 amide bonds. The van der Waals surface area contributed by atoms with E-state index in [0.29, 0.717) is 0 Å². The molecular formula is C15H24N2O. The van der Waals surface area contributed by atoms with Crippen LogP contribution in [0.15, 0.2) is 18.2 Å². The first-order valence-corrected chi connectivity index (χ1v) is 6.64. The predicted octanol–water partition coefficient (Wildman–Crippen LogP) is 2.83. The third-order valence-corrected chi connectivity index (χ3v) is 3.46. The third kappa shape index (κ3) is 4.22. The molecule has 1 atom stereocenters. The highest BCUT2D eigenvalue weighted by Gasteiger charge is 2.24. The number of rotatable bonds is 7. The Hall–Kier alpha value is -1.22. The Labute approximate surface area is 110 Å². The molecule has 3 nitrogen and oxygen atoms in total. The molecule has 0 radical (unpaired) electrons. The second-order valence-corrected chi connectivity index (χ2v) is 5.20. The fourth-order valence-electron chi connectivity index (χ4n) is 1.94. The molecule has 1 aromatic heterocycles. The maximum atomic E-state index is 11.2. The van der Waals surface area contributed by atoms with Gasteiger partial charge in [0.1, 0.15) is 6.29 Å². The summed E-state index contributed by atoms with van der Waals surface area (Å²) < 4.78 is 0. The van der Waals surface area contributed by atoms with Crippen LogP contribution in [0.2, 0.25) is 0 Å². The van der Waals surface area contributed by atoms with Crippen LogP contribution in [0, 0.1) is 12.3 Å². The molecule has 0 aliphatic carbocycles. The van der Waals surface area contributed by atoms with Crippen molar-refractivity contribution in [1.82, 2.24) is 9.88 Å². The van der Waals surface area contributed by atoms with Gasteiger partial charge in [-0.1, -0.05) is 26.8 Å². The topological polar surface area (TPSA) is 33.2 Å². The molecule has 0 spiro atoms. The van der Waals surface area contributed by atoms with Gasteiger partial charge < -0.3 is 4.79 Å². The summed E-state index contributed by atoms with van der Waals surface area (Å²) in [4.78, 5) is 18.0. The fraction of sp³-hybridized carbons (Fsp3) is 0.600. The Morgan fingerprint density at radius 1 is 1.39 bits per heavy atom. The summed E-state index contributed by atoms with van der Waals surface area (Å²) in [5.74, 6) is 0. The second-order valence-electron chi connectivity index (χ2n) is 5.20. The van der Waals surface area contributed by atoms with Gasteiger partial charge in [0.2, 0.25) is 0 Å². The van der Waals surface area contributed by atoms with Gasteiger partial charge in [-0.2, -0.15) is 0 Å². The van der Waals surface area contributed by atoms with E-state index in [9.17, 15) is 4.79 Å². The Bertz CT molecular complexity index is 392. The van der Waals surface area contributed by atoms with Crippen molar-refractivity contribution in [1.29, 1.82) is 0 Å². The van der Waals surface area contributed by atoms with Gasteiger partial charge in [0.15, 0.2) is 0 Å². The van der Waals surface area contributed by atoms with Gasteiger partial charge in [-0.15, -0.1) is 0 Å². The van der Waals surface area contributed by atoms with E-state index in [1.165, 1.54) is 0 Å². The van der Waals surface area contributed by atoms with E-state index in [2.05, 4.69) is 23.7 Å². The van der Waals surface area contributed by atoms with Gasteiger partial charge in [0, 0.05) is 24.2 Å². The molecule has 1 aromatic rings. The zero-order chi connectivity index (χ0) is 13.6. The Morgan fingerprint density at radius 2 is 2.11 bits per heavy atom. The van der Waals surface area contributed by atoms with Gasteiger partial charge in [0.25, 0.3) is 0 Å². The first-order valence-electron chi connectivity index (χ1n) is 6.64. The number of aldehydes is 1. The first kappa shape index (κ1) is 14.8. The molecular weight excluding hydrogens is 224 g/mol. The molecule has 0 aromatic carbocycles. The van der Waals surface area contributed by atoms with Crippen molar-refractivity contribution in [3.8, 4) is 0 Å². The zero-order valence-corrected chi connectivity index (χ0v) is 11.9. The number of aromatic nitrogens is 1. The minimum absolute atomic E-state index is 0.250. The maximum absolute atomic E-state index is 11.2. The van der Waals surface area contributed by atoms with Gasteiger partial charge in [0.05, 0.1) is 5.69 Å². The van der Waals surface area contributed by atoms with Crippen LogP contribution in [0.5, 0.6) is 0 Å². The highest BCUT2D eigenvalue weighted by molar-refractivity contribution is 5.58. The molecule has 1 rings (SSSR count). The number of nitrogens with zero attached hydrogens (tertiary/aromatic N) is 2. The van der Waals surface area contributed by atoms with Crippen LogP contribution in [-0.2, 0) is 11.3 Å². The van der Waals surface area contributed by atoms with E-state index in [4.69, 9.17) is 0 Å². The van der Waals surface area contributed by atoms with Crippen LogP contribution < -0.4 is 0 Å². The number of aryl methyl sites for hydroxylation is 1. The molecule has 0 bridgehead atoms. The molecule has 0 saturated carbocycles. The Balaban J connectivity index is 2.70. The maximum Gasteiger partial charge on any atom is 0.127 e. The lowest BCUT2D eigenvalue weighted by molar-refractivity contribution is -0.116. The normalized spacial score (nSPS) is 14.5. The van der Waals surface area contributed by atoms with Crippen molar-refractivity contribution in [2.24, 2.45) is 5.41 Å². The standard InChI is InChI=1S/C15H24N2O/c1-5-15(4,12-18)11-17(6-2)10-14-9-7-8-13(3)16-14/h7-9,12H,5-6,10-11H2,1-4H3. The third-order valence-electron chi connectivity index (χ3n) is 3.46. The summed E-state index contributed by atoms with van der Waals surface area (Å²) in [6.07, 6.45) is 1.95. The molecule has 100 valence electrons. The largest absolute Gasteiger partial charge is 0.303 e. The Kier molecular flexibility index (Phi) is 5.48. The summed E-state index contributed by atoms with van der Waals surface area (Å²) in [5.41, 5.74) is 1.86. The molecule has 0 N–H and O–H groups in total. The monoisotopic (exact) mass is 248 g/mol. The molecule has 1 unspecified atom stereocenters. The van der Waals surface area contributed by atoms with Crippen molar-refractivity contribution in [3.63, 3.8) is 0 Å². The van der Waals surface area contributed by atoms with E-state index >= 15 is 0 Å². The second kappa shape index (κ2) is 6.64. The van der Waals surface area contributed by atoms with Crippen LogP contribution >= 0.6 is 0 Å². The van der Waals surface area contributed by atoms with E-state index in [0.717, 1.165) is 43.7 Å². The number of pyridine rings is 1. The summed E-state index contributed by atoms with van der Waals surface area (Å²) in [6, 6.07) is 6.07. The van der Waals surface area contributed by atoms with Gasteiger partial charge in [-0.3, -0.25) is 9.88 Å². The lowest BCUT2D eigenvalue weighted by Crippen LogP contribution is -2.36. The first-order chi connectivity index (χ1) is 8.53. The quantitative estimate of drug-likeness (QED) is 0.696. The van der Waals surface area contributed by atoms with Crippen LogP contribution in [-0.4, -0.2) is 29.3 Å². The summed E-state index contributed by atoms with van der Waals surface area (Å²) >= 11 is 0. The lowest BCUT2D eigenvalue weighted by Gasteiger charge is -2.29. The molecule has 0 fully saturated rings. The average Bonchev–Trinajstić information content (AvgIpc) is 2.38. The zero-order valence-electron chi connectivity index (χ0n) is 11.9. The number of carbonyl (C=O) groups is 1. The molecule has 0 aliphatic heterocycles. The summed E-state index contributed by atoms with van der Waals surface area (Å²) in [6.45, 7) is 10.7. The van der Waals surface area contributed by atoms with Crippen molar-refractivity contribution in [2.75, 3.05) is 13.1 Å². The molecule has 3 heteroatoms. The van der Waals surface area contributed by atoms with Gasteiger partial charge >= 0.3 is 0 Å². The summed E-state index contributed by atoms with van der Waals surface area (Å²) in [5, 5.41) is 0. The lowest BCUT2D eigenvalue weighted by atomic mass is 9.89. The van der Waals surface area contributed by atoms with Crippen LogP contribution in [0.4, 0.5) is 0 Å². The number of hydrogen-bond donors (Lipinski definition) is 0. The highest BCUT2D eigenvalue weighted by Crippen LogP contribution is 2.20. The summed E-state index contributed by atoms with van der Waals surface area (Å²) in [7, 11) is 0. The van der Waals surface area contributed by atoms with Crippen molar-refractivity contribution in [3.05, 3.63) is 29.6 Å². The highest BCUT2D eigenvalue weighted by atomic mass is 16.1. The molecule has 1 heterocycles. The smallest absolute Gasteiger partial charge is 0.127 e. The van der Waals surface area contributed by atoms with E-state index < -0.39 is 0 Å². The predicted molar refractivity (Wildman–Crippen MR) is 74.4 cm³/mol. The molecule has 0 saturated heterocycles. The van der Waals surface area contributed by atoms with Crippen LogP contribution in [0.25, 0.3) is 0 Å². The minimum Gasteiger partial charge on any atom is -0.303 e. The number of carbonyl (C=O) groups excluding carboxylic acids is 1. The van der Waals surface area contributed by atoms with Crippen molar-refractivity contribution in [2.45, 2.75) is 40.7 Å². The van der Waals surface area contributed by atoms with Gasteiger partial charge in [-0.25, -0.2) is 0 Å². The SMILES string of the molecule is CCN(Cc1cccc(C)n1)CC(C)(C=O)CC. The van der Waals surface area contributed by atoms with Crippen LogP contribution in [0.1, 0.15) is 38.6 Å². The number of hydrogen-bond acceptors (Lipinski definition) is 3. The van der Waals surface area contributed by atoms with E-state index in [-0.39, 0.29) is 5.41 Å². The molecule has 18 heavy (non-hydrogen) atoms. The molecule has 0 aliphatic rings. The van der Waals surface area contributed by atoms with Crippen LogP contribution in [0.3, 0.4) is 0 Å². The Morgan fingerprint density at radius 3 is 2.61 bits per heavy atom. The fourth-order valence-corrected chi connectivity index (χ4v) is 1.94. The average molecular weight is 248 g/mol. The van der Waals surface area contributed by atoms with Gasteiger partial charge in [-0.05, 0) is 32.0 Å². The minimum atomic E-state index is -0.250. The van der Waals surface area contributed by atoms with Crippen molar-refractivity contribution < 1.29 is 4.79 Å².